The van der Waals surface area contributed by atoms with Crippen molar-refractivity contribution >= 4 is 16.5 Å². The van der Waals surface area contributed by atoms with Crippen molar-refractivity contribution in [3.8, 4) is 5.75 Å². The number of hydrogen-bond acceptors (Lipinski definition) is 5. The Bertz CT molecular complexity index is 538. The van der Waals surface area contributed by atoms with Crippen LogP contribution >= 0.6 is 11.3 Å². The first-order valence-corrected chi connectivity index (χ1v) is 7.48. The summed E-state index contributed by atoms with van der Waals surface area (Å²) in [6, 6.07) is 8.42. The second-order valence-electron chi connectivity index (χ2n) is 4.77. The van der Waals surface area contributed by atoms with Crippen LogP contribution in [0.25, 0.3) is 0 Å². The standard InChI is InChI=1S/C15H21N3OS/c1-11(16-2)14-10-20-15(17-14)18(3)9-12-5-7-13(19-4)8-6-12/h5-8,10-11,16H,9H2,1-4H3. The summed E-state index contributed by atoms with van der Waals surface area (Å²) < 4.78 is 5.17. The van der Waals surface area contributed by atoms with Crippen molar-refractivity contribution in [2.75, 3.05) is 26.1 Å². The second-order valence-corrected chi connectivity index (χ2v) is 5.61. The van der Waals surface area contributed by atoms with Crippen LogP contribution in [-0.2, 0) is 6.54 Å². The van der Waals surface area contributed by atoms with Gasteiger partial charge in [-0.3, -0.25) is 0 Å². The fourth-order valence-electron chi connectivity index (χ4n) is 1.87. The van der Waals surface area contributed by atoms with Crippen LogP contribution in [-0.4, -0.2) is 26.2 Å². The molecule has 0 saturated heterocycles. The Labute approximate surface area is 124 Å². The van der Waals surface area contributed by atoms with E-state index < -0.39 is 0 Å². The summed E-state index contributed by atoms with van der Waals surface area (Å²) in [6.45, 7) is 2.95. The van der Waals surface area contributed by atoms with Gasteiger partial charge in [-0.1, -0.05) is 12.1 Å². The van der Waals surface area contributed by atoms with E-state index in [1.807, 2.05) is 19.2 Å². The Balaban J connectivity index is 2.03. The van der Waals surface area contributed by atoms with Gasteiger partial charge in [-0.25, -0.2) is 4.98 Å². The molecule has 4 nitrogen and oxygen atoms in total. The maximum Gasteiger partial charge on any atom is 0.185 e. The van der Waals surface area contributed by atoms with Crippen molar-refractivity contribution in [2.24, 2.45) is 0 Å². The van der Waals surface area contributed by atoms with E-state index in [2.05, 4.69) is 46.7 Å². The van der Waals surface area contributed by atoms with Crippen LogP contribution in [0.15, 0.2) is 29.6 Å². The first kappa shape index (κ1) is 14.8. The summed E-state index contributed by atoms with van der Waals surface area (Å²) in [6.07, 6.45) is 0. The lowest BCUT2D eigenvalue weighted by Crippen LogP contribution is -2.17. The molecule has 2 rings (SSSR count). The molecule has 1 aromatic carbocycles. The molecule has 1 heterocycles. The lowest BCUT2D eigenvalue weighted by atomic mass is 10.2. The first-order valence-electron chi connectivity index (χ1n) is 6.60. The van der Waals surface area contributed by atoms with E-state index in [1.165, 1.54) is 5.56 Å². The van der Waals surface area contributed by atoms with E-state index in [9.17, 15) is 0 Å². The zero-order chi connectivity index (χ0) is 14.5. The van der Waals surface area contributed by atoms with E-state index in [0.29, 0.717) is 0 Å². The number of thiazole rings is 1. The maximum atomic E-state index is 5.17. The Morgan fingerprint density at radius 2 is 2.05 bits per heavy atom. The van der Waals surface area contributed by atoms with E-state index in [0.717, 1.165) is 23.1 Å². The first-order chi connectivity index (χ1) is 9.63. The zero-order valence-electron chi connectivity index (χ0n) is 12.4. The number of nitrogens with zero attached hydrogens (tertiary/aromatic N) is 2. The smallest absolute Gasteiger partial charge is 0.185 e. The second kappa shape index (κ2) is 6.72. The summed E-state index contributed by atoms with van der Waals surface area (Å²) in [5.41, 5.74) is 2.33. The van der Waals surface area contributed by atoms with Crippen molar-refractivity contribution in [2.45, 2.75) is 19.5 Å². The molecule has 20 heavy (non-hydrogen) atoms. The van der Waals surface area contributed by atoms with Gasteiger partial charge >= 0.3 is 0 Å². The molecule has 5 heteroatoms. The molecule has 0 bridgehead atoms. The highest BCUT2D eigenvalue weighted by atomic mass is 32.1. The molecule has 0 amide bonds. The van der Waals surface area contributed by atoms with E-state index in [1.54, 1.807) is 18.4 Å². The highest BCUT2D eigenvalue weighted by Crippen LogP contribution is 2.24. The van der Waals surface area contributed by atoms with Crippen molar-refractivity contribution in [1.29, 1.82) is 0 Å². The molecule has 0 saturated carbocycles. The SMILES string of the molecule is CNC(C)c1csc(N(C)Cc2ccc(OC)cc2)n1. The van der Waals surface area contributed by atoms with Gasteiger partial charge in [0, 0.05) is 25.0 Å². The van der Waals surface area contributed by atoms with Crippen LogP contribution in [0.3, 0.4) is 0 Å². The third kappa shape index (κ3) is 3.49. The molecular formula is C15H21N3OS. The van der Waals surface area contributed by atoms with Crippen LogP contribution in [0, 0.1) is 0 Å². The lowest BCUT2D eigenvalue weighted by Gasteiger charge is -2.16. The van der Waals surface area contributed by atoms with Gasteiger partial charge in [-0.2, -0.15) is 0 Å². The predicted octanol–water partition coefficient (Wildman–Crippen LogP) is 3.07. The van der Waals surface area contributed by atoms with Crippen LogP contribution in [0.2, 0.25) is 0 Å². The Hall–Kier alpha value is -1.59. The molecule has 0 aliphatic carbocycles. The maximum absolute atomic E-state index is 5.17. The van der Waals surface area contributed by atoms with Crippen LogP contribution in [0.5, 0.6) is 5.75 Å². The fraction of sp³-hybridized carbons (Fsp3) is 0.400. The van der Waals surface area contributed by atoms with Crippen molar-refractivity contribution in [1.82, 2.24) is 10.3 Å². The number of ether oxygens (including phenoxy) is 1. The molecule has 1 atom stereocenters. The van der Waals surface area contributed by atoms with Crippen molar-refractivity contribution in [3.05, 3.63) is 40.9 Å². The Morgan fingerprint density at radius 1 is 1.35 bits per heavy atom. The molecule has 2 aromatic rings. The van der Waals surface area contributed by atoms with Gasteiger partial charge in [0.25, 0.3) is 0 Å². The van der Waals surface area contributed by atoms with Crippen molar-refractivity contribution < 1.29 is 4.74 Å². The minimum absolute atomic E-state index is 0.286. The van der Waals surface area contributed by atoms with Crippen LogP contribution in [0.4, 0.5) is 5.13 Å². The lowest BCUT2D eigenvalue weighted by molar-refractivity contribution is 0.414. The molecule has 1 aromatic heterocycles. The summed E-state index contributed by atoms with van der Waals surface area (Å²) in [5.74, 6) is 0.885. The molecule has 108 valence electrons. The van der Waals surface area contributed by atoms with E-state index in [-0.39, 0.29) is 6.04 Å². The van der Waals surface area contributed by atoms with E-state index in [4.69, 9.17) is 4.74 Å². The summed E-state index contributed by atoms with van der Waals surface area (Å²) in [4.78, 5) is 6.83. The van der Waals surface area contributed by atoms with Gasteiger partial charge in [0.15, 0.2) is 5.13 Å². The van der Waals surface area contributed by atoms with Gasteiger partial charge in [-0.15, -0.1) is 11.3 Å². The number of anilines is 1. The molecule has 0 aliphatic heterocycles. The molecule has 1 N–H and O–H groups in total. The average Bonchev–Trinajstić information content (AvgIpc) is 2.97. The number of nitrogens with one attached hydrogen (secondary N) is 1. The molecular weight excluding hydrogens is 270 g/mol. The Kier molecular flexibility index (Phi) is 4.98. The quantitative estimate of drug-likeness (QED) is 0.887. The molecule has 1 unspecified atom stereocenters. The Morgan fingerprint density at radius 3 is 2.65 bits per heavy atom. The monoisotopic (exact) mass is 291 g/mol. The van der Waals surface area contributed by atoms with E-state index >= 15 is 0 Å². The summed E-state index contributed by atoms with van der Waals surface area (Å²) in [5, 5.41) is 6.36. The number of methoxy groups -OCH3 is 1. The highest BCUT2D eigenvalue weighted by Gasteiger charge is 2.11. The number of hydrogen-bond donors (Lipinski definition) is 1. The number of rotatable bonds is 6. The molecule has 0 aliphatic rings. The van der Waals surface area contributed by atoms with Gasteiger partial charge in [0.1, 0.15) is 5.75 Å². The normalized spacial score (nSPS) is 12.2. The number of aromatic nitrogens is 1. The third-order valence-electron chi connectivity index (χ3n) is 3.29. The minimum Gasteiger partial charge on any atom is -0.497 e. The predicted molar refractivity (Wildman–Crippen MR) is 84.7 cm³/mol. The van der Waals surface area contributed by atoms with Gasteiger partial charge in [0.05, 0.1) is 12.8 Å². The minimum atomic E-state index is 0.286. The molecule has 0 fully saturated rings. The third-order valence-corrected chi connectivity index (χ3v) is 4.26. The largest absolute Gasteiger partial charge is 0.497 e. The van der Waals surface area contributed by atoms with Crippen molar-refractivity contribution in [3.63, 3.8) is 0 Å². The van der Waals surface area contributed by atoms with Gasteiger partial charge in [0.2, 0.25) is 0 Å². The topological polar surface area (TPSA) is 37.4 Å². The van der Waals surface area contributed by atoms with Crippen LogP contribution < -0.4 is 15.0 Å². The molecule has 0 spiro atoms. The average molecular weight is 291 g/mol. The zero-order valence-corrected chi connectivity index (χ0v) is 13.2. The summed E-state index contributed by atoms with van der Waals surface area (Å²) in [7, 11) is 5.70. The van der Waals surface area contributed by atoms with Gasteiger partial charge in [-0.05, 0) is 31.7 Å². The summed E-state index contributed by atoms with van der Waals surface area (Å²) >= 11 is 1.68. The van der Waals surface area contributed by atoms with Gasteiger partial charge < -0.3 is 15.0 Å². The van der Waals surface area contributed by atoms with Crippen LogP contribution in [0.1, 0.15) is 24.2 Å². The fourth-order valence-corrected chi connectivity index (χ4v) is 2.76. The molecule has 0 radical (unpaired) electrons. The number of benzene rings is 1. The highest BCUT2D eigenvalue weighted by molar-refractivity contribution is 7.13.